The van der Waals surface area contributed by atoms with Crippen molar-refractivity contribution in [1.29, 1.82) is 0 Å². The quantitative estimate of drug-likeness (QED) is 0.690. The van der Waals surface area contributed by atoms with E-state index in [-0.39, 0.29) is 17.6 Å². The lowest BCUT2D eigenvalue weighted by molar-refractivity contribution is -0.0504. The third kappa shape index (κ3) is 2.76. The smallest absolute Gasteiger partial charge is 0.0604 e. The third-order valence-corrected chi connectivity index (χ3v) is 2.51. The molecule has 0 amide bonds. The predicted molar refractivity (Wildman–Crippen MR) is 49.1 cm³/mol. The summed E-state index contributed by atoms with van der Waals surface area (Å²) in [6.07, 6.45) is 2.92. The van der Waals surface area contributed by atoms with Crippen LogP contribution < -0.4 is 0 Å². The Morgan fingerprint density at radius 2 is 2.08 bits per heavy atom. The summed E-state index contributed by atoms with van der Waals surface area (Å²) in [5.41, 5.74) is 0.248. The van der Waals surface area contributed by atoms with Crippen LogP contribution in [0.3, 0.4) is 0 Å². The molecule has 0 aliphatic heterocycles. The van der Waals surface area contributed by atoms with Gasteiger partial charge in [0.25, 0.3) is 0 Å². The van der Waals surface area contributed by atoms with E-state index in [0.29, 0.717) is 0 Å². The number of aliphatic hydroxyl groups is 1. The van der Waals surface area contributed by atoms with Gasteiger partial charge in [-0.15, -0.1) is 0 Å². The van der Waals surface area contributed by atoms with Gasteiger partial charge in [-0.1, -0.05) is 13.8 Å². The molecule has 0 saturated heterocycles. The molecule has 0 heterocycles. The molecular weight excluding hydrogens is 152 g/mol. The molecule has 1 saturated carbocycles. The van der Waals surface area contributed by atoms with Crippen molar-refractivity contribution in [3.63, 3.8) is 0 Å². The monoisotopic (exact) mass is 172 g/mol. The Morgan fingerprint density at radius 1 is 1.42 bits per heavy atom. The maximum Gasteiger partial charge on any atom is 0.0604 e. The fourth-order valence-corrected chi connectivity index (χ4v) is 2.17. The van der Waals surface area contributed by atoms with Crippen molar-refractivity contribution in [2.45, 2.75) is 52.2 Å². The minimum atomic E-state index is -0.162. The molecule has 1 aliphatic carbocycles. The van der Waals surface area contributed by atoms with Crippen LogP contribution >= 0.6 is 0 Å². The van der Waals surface area contributed by atoms with Crippen molar-refractivity contribution in [2.75, 3.05) is 6.61 Å². The molecule has 2 nitrogen and oxygen atoms in total. The second kappa shape index (κ2) is 3.75. The van der Waals surface area contributed by atoms with Crippen molar-refractivity contribution in [3.8, 4) is 0 Å². The third-order valence-electron chi connectivity index (χ3n) is 2.51. The molecule has 0 radical (unpaired) electrons. The van der Waals surface area contributed by atoms with E-state index in [9.17, 15) is 5.11 Å². The highest BCUT2D eigenvalue weighted by Crippen LogP contribution is 2.36. The first-order chi connectivity index (χ1) is 5.53. The Labute approximate surface area is 74.9 Å². The molecule has 1 N–H and O–H groups in total. The largest absolute Gasteiger partial charge is 0.393 e. The van der Waals surface area contributed by atoms with E-state index in [2.05, 4.69) is 13.8 Å². The summed E-state index contributed by atoms with van der Waals surface area (Å²) in [6.45, 7) is 7.16. The number of hydrogen-bond donors (Lipinski definition) is 1. The molecule has 0 spiro atoms. The van der Waals surface area contributed by atoms with Crippen LogP contribution in [0.15, 0.2) is 0 Å². The van der Waals surface area contributed by atoms with Crippen LogP contribution in [0.25, 0.3) is 0 Å². The fraction of sp³-hybridized carbons (Fsp3) is 1.00. The maximum atomic E-state index is 9.56. The van der Waals surface area contributed by atoms with Crippen LogP contribution in [0.4, 0.5) is 0 Å². The minimum absolute atomic E-state index is 0.162. The summed E-state index contributed by atoms with van der Waals surface area (Å²) in [4.78, 5) is 0. The van der Waals surface area contributed by atoms with Gasteiger partial charge in [0.15, 0.2) is 0 Å². The second-order valence-electron chi connectivity index (χ2n) is 4.54. The molecule has 2 atom stereocenters. The van der Waals surface area contributed by atoms with Gasteiger partial charge in [-0.3, -0.25) is 0 Å². The number of ether oxygens (including phenoxy) is 1. The summed E-state index contributed by atoms with van der Waals surface area (Å²) in [7, 11) is 0. The van der Waals surface area contributed by atoms with Gasteiger partial charge < -0.3 is 9.84 Å². The van der Waals surface area contributed by atoms with Crippen molar-refractivity contribution in [2.24, 2.45) is 5.41 Å². The van der Waals surface area contributed by atoms with Crippen LogP contribution in [-0.2, 0) is 4.74 Å². The van der Waals surface area contributed by atoms with E-state index < -0.39 is 0 Å². The summed E-state index contributed by atoms with van der Waals surface area (Å²) < 4.78 is 5.53. The van der Waals surface area contributed by atoms with Gasteiger partial charge in [0.2, 0.25) is 0 Å². The average molecular weight is 172 g/mol. The zero-order valence-corrected chi connectivity index (χ0v) is 8.34. The Morgan fingerprint density at radius 3 is 2.58 bits per heavy atom. The topological polar surface area (TPSA) is 29.5 Å². The van der Waals surface area contributed by atoms with Crippen molar-refractivity contribution in [1.82, 2.24) is 0 Å². The molecule has 0 aromatic carbocycles. The SMILES string of the molecule is CCO[C@H]1C[C@@H](O)CC(C)(C)C1. The molecule has 12 heavy (non-hydrogen) atoms. The summed E-state index contributed by atoms with van der Waals surface area (Å²) in [5, 5.41) is 9.56. The van der Waals surface area contributed by atoms with E-state index in [1.165, 1.54) is 0 Å². The molecule has 2 heteroatoms. The van der Waals surface area contributed by atoms with Crippen molar-refractivity contribution >= 4 is 0 Å². The Bertz CT molecular complexity index is 143. The van der Waals surface area contributed by atoms with Gasteiger partial charge in [0.1, 0.15) is 0 Å². The molecule has 1 fully saturated rings. The molecule has 0 bridgehead atoms. The Balaban J connectivity index is 2.46. The Kier molecular flexibility index (Phi) is 3.13. The van der Waals surface area contributed by atoms with Crippen molar-refractivity contribution < 1.29 is 9.84 Å². The van der Waals surface area contributed by atoms with Crippen LogP contribution in [-0.4, -0.2) is 23.9 Å². The first-order valence-corrected chi connectivity index (χ1v) is 4.83. The number of hydrogen-bond acceptors (Lipinski definition) is 2. The lowest BCUT2D eigenvalue weighted by atomic mass is 9.75. The molecule has 72 valence electrons. The first kappa shape index (κ1) is 10.0. The first-order valence-electron chi connectivity index (χ1n) is 4.83. The molecule has 0 aromatic rings. The highest BCUT2D eigenvalue weighted by molar-refractivity contribution is 4.84. The van der Waals surface area contributed by atoms with Crippen LogP contribution in [0, 0.1) is 5.41 Å². The van der Waals surface area contributed by atoms with Gasteiger partial charge in [-0.25, -0.2) is 0 Å². The van der Waals surface area contributed by atoms with Gasteiger partial charge in [0.05, 0.1) is 12.2 Å². The number of aliphatic hydroxyl groups excluding tert-OH is 1. The molecule has 1 aliphatic rings. The van der Waals surface area contributed by atoms with E-state index >= 15 is 0 Å². The lowest BCUT2D eigenvalue weighted by Gasteiger charge is -2.37. The van der Waals surface area contributed by atoms with E-state index in [1.54, 1.807) is 0 Å². The number of rotatable bonds is 2. The second-order valence-corrected chi connectivity index (χ2v) is 4.54. The maximum absolute atomic E-state index is 9.56. The van der Waals surface area contributed by atoms with E-state index in [4.69, 9.17) is 4.74 Å². The van der Waals surface area contributed by atoms with E-state index in [0.717, 1.165) is 25.9 Å². The highest BCUT2D eigenvalue weighted by atomic mass is 16.5. The molecule has 1 rings (SSSR count). The van der Waals surface area contributed by atoms with Crippen LogP contribution in [0.2, 0.25) is 0 Å². The van der Waals surface area contributed by atoms with Gasteiger partial charge in [0, 0.05) is 6.61 Å². The summed E-state index contributed by atoms with van der Waals surface area (Å²) in [5.74, 6) is 0. The van der Waals surface area contributed by atoms with Crippen LogP contribution in [0.5, 0.6) is 0 Å². The summed E-state index contributed by atoms with van der Waals surface area (Å²) in [6, 6.07) is 0. The lowest BCUT2D eigenvalue weighted by Crippen LogP contribution is -2.36. The van der Waals surface area contributed by atoms with Gasteiger partial charge >= 0.3 is 0 Å². The van der Waals surface area contributed by atoms with E-state index in [1.807, 2.05) is 6.92 Å². The predicted octanol–water partition coefficient (Wildman–Crippen LogP) is 1.96. The molecule has 0 unspecified atom stereocenters. The van der Waals surface area contributed by atoms with Gasteiger partial charge in [-0.2, -0.15) is 0 Å². The molecule has 0 aromatic heterocycles. The Hall–Kier alpha value is -0.0800. The van der Waals surface area contributed by atoms with Crippen molar-refractivity contribution in [3.05, 3.63) is 0 Å². The summed E-state index contributed by atoms with van der Waals surface area (Å²) >= 11 is 0. The zero-order valence-electron chi connectivity index (χ0n) is 8.34. The van der Waals surface area contributed by atoms with Crippen LogP contribution in [0.1, 0.15) is 40.0 Å². The normalized spacial score (nSPS) is 35.0. The zero-order chi connectivity index (χ0) is 9.19. The average Bonchev–Trinajstić information content (AvgIpc) is 1.82. The molecular formula is C10H20O2. The van der Waals surface area contributed by atoms with Gasteiger partial charge in [-0.05, 0) is 31.6 Å². The highest BCUT2D eigenvalue weighted by Gasteiger charge is 2.33. The fourth-order valence-electron chi connectivity index (χ4n) is 2.17. The minimum Gasteiger partial charge on any atom is -0.393 e. The standard InChI is InChI=1S/C10H20O2/c1-4-12-9-5-8(11)6-10(2,3)7-9/h8-9,11H,4-7H2,1-3H3/t8-,9+/m1/s1.